The monoisotopic (exact) mass is 399 g/mol. The van der Waals surface area contributed by atoms with Crippen molar-refractivity contribution in [1.82, 2.24) is 24.6 Å². The lowest BCUT2D eigenvalue weighted by Crippen LogP contribution is -2.21. The molecule has 3 aromatic heterocycles. The predicted molar refractivity (Wildman–Crippen MR) is 118 cm³/mol. The molecule has 0 bridgehead atoms. The van der Waals surface area contributed by atoms with Gasteiger partial charge in [0.2, 0.25) is 0 Å². The van der Waals surface area contributed by atoms with Crippen LogP contribution in [-0.2, 0) is 6.42 Å². The van der Waals surface area contributed by atoms with Crippen molar-refractivity contribution in [2.45, 2.75) is 26.2 Å². The van der Waals surface area contributed by atoms with Crippen molar-refractivity contribution in [2.24, 2.45) is 5.92 Å². The summed E-state index contributed by atoms with van der Waals surface area (Å²) in [7, 11) is 0. The van der Waals surface area contributed by atoms with Crippen molar-refractivity contribution < 1.29 is 0 Å². The van der Waals surface area contributed by atoms with Crippen molar-refractivity contribution in [1.29, 1.82) is 0 Å². The third kappa shape index (κ3) is 3.58. The molecule has 0 radical (unpaired) electrons. The minimum absolute atomic E-state index is 0.430. The van der Waals surface area contributed by atoms with E-state index >= 15 is 0 Å². The summed E-state index contributed by atoms with van der Waals surface area (Å²) in [4.78, 5) is 15.9. The summed E-state index contributed by atoms with van der Waals surface area (Å²) in [5.74, 6) is 2.04. The summed E-state index contributed by atoms with van der Waals surface area (Å²) < 4.78 is 1.72. The van der Waals surface area contributed by atoms with Crippen LogP contribution < -0.4 is 10.6 Å². The Morgan fingerprint density at radius 1 is 1.13 bits per heavy atom. The smallest absolute Gasteiger partial charge is 0.166 e. The maximum absolute atomic E-state index is 6.21. The van der Waals surface area contributed by atoms with E-state index in [-0.39, 0.29) is 0 Å². The highest BCUT2D eigenvalue weighted by Crippen LogP contribution is 2.31. The topological polar surface area (TPSA) is 85.2 Å². The van der Waals surface area contributed by atoms with E-state index in [0.717, 1.165) is 42.1 Å². The first-order chi connectivity index (χ1) is 14.7. The molecule has 0 amide bonds. The minimum Gasteiger partial charge on any atom is -0.382 e. The van der Waals surface area contributed by atoms with E-state index in [1.165, 1.54) is 18.4 Å². The van der Waals surface area contributed by atoms with Gasteiger partial charge in [-0.2, -0.15) is 0 Å². The average Bonchev–Trinajstić information content (AvgIpc) is 3.36. The van der Waals surface area contributed by atoms with Gasteiger partial charge in [-0.1, -0.05) is 30.3 Å². The number of hydrogen-bond acceptors (Lipinski definition) is 6. The first kappa shape index (κ1) is 18.5. The standard InChI is InChI=1S/C23H25N7/c1-16-12-25-23-21(22(24)28-30(23)13-16)19-11-20(27-15-26-19)29-10-9-18(14-29)8-7-17-5-3-2-4-6-17/h2-6,11-13,15,18H,7-10,14H2,1H3,(H2,24,28). The highest BCUT2D eigenvalue weighted by molar-refractivity contribution is 5.85. The van der Waals surface area contributed by atoms with Crippen LogP contribution in [0.25, 0.3) is 16.9 Å². The van der Waals surface area contributed by atoms with Crippen molar-refractivity contribution in [3.8, 4) is 11.3 Å². The van der Waals surface area contributed by atoms with Gasteiger partial charge in [-0.15, -0.1) is 5.10 Å². The molecule has 1 aliphatic rings. The second-order valence-corrected chi connectivity index (χ2v) is 8.05. The van der Waals surface area contributed by atoms with Crippen LogP contribution in [0, 0.1) is 12.8 Å². The molecule has 1 unspecified atom stereocenters. The molecule has 4 aromatic rings. The summed E-state index contributed by atoms with van der Waals surface area (Å²) in [6, 6.07) is 12.7. The van der Waals surface area contributed by atoms with Crippen LogP contribution in [0.3, 0.4) is 0 Å². The number of aromatic nitrogens is 5. The number of aryl methyl sites for hydroxylation is 2. The van der Waals surface area contributed by atoms with Crippen LogP contribution in [0.5, 0.6) is 0 Å². The minimum atomic E-state index is 0.430. The molecule has 7 nitrogen and oxygen atoms in total. The van der Waals surface area contributed by atoms with Gasteiger partial charge in [-0.3, -0.25) is 0 Å². The molecule has 152 valence electrons. The highest BCUT2D eigenvalue weighted by atomic mass is 15.3. The van der Waals surface area contributed by atoms with Crippen LogP contribution in [0.2, 0.25) is 0 Å². The number of fused-ring (bicyclic) bond motifs is 1. The van der Waals surface area contributed by atoms with E-state index in [4.69, 9.17) is 5.73 Å². The number of nitrogens with two attached hydrogens (primary N) is 1. The molecular formula is C23H25N7. The lowest BCUT2D eigenvalue weighted by Gasteiger charge is -2.18. The van der Waals surface area contributed by atoms with E-state index in [9.17, 15) is 0 Å². The van der Waals surface area contributed by atoms with Crippen LogP contribution in [-0.4, -0.2) is 37.7 Å². The maximum Gasteiger partial charge on any atom is 0.166 e. The zero-order valence-electron chi connectivity index (χ0n) is 17.1. The Morgan fingerprint density at radius 2 is 2.00 bits per heavy atom. The maximum atomic E-state index is 6.21. The molecule has 5 rings (SSSR count). The zero-order valence-corrected chi connectivity index (χ0v) is 17.1. The van der Waals surface area contributed by atoms with Crippen molar-refractivity contribution >= 4 is 17.3 Å². The van der Waals surface area contributed by atoms with Gasteiger partial charge in [-0.05, 0) is 43.2 Å². The lowest BCUT2D eigenvalue weighted by molar-refractivity contribution is 0.538. The lowest BCUT2D eigenvalue weighted by atomic mass is 9.99. The highest BCUT2D eigenvalue weighted by Gasteiger charge is 2.24. The number of nitrogens with zero attached hydrogens (tertiary/aromatic N) is 6. The van der Waals surface area contributed by atoms with Gasteiger partial charge in [0, 0.05) is 31.5 Å². The second kappa shape index (κ2) is 7.74. The summed E-state index contributed by atoms with van der Waals surface area (Å²) in [5.41, 5.74) is 10.9. The van der Waals surface area contributed by atoms with Gasteiger partial charge < -0.3 is 10.6 Å². The predicted octanol–water partition coefficient (Wildman–Crippen LogP) is 3.54. The zero-order chi connectivity index (χ0) is 20.5. The van der Waals surface area contributed by atoms with E-state index in [2.05, 4.69) is 55.3 Å². The van der Waals surface area contributed by atoms with E-state index in [0.29, 0.717) is 17.4 Å². The Balaban J connectivity index is 1.34. The van der Waals surface area contributed by atoms with Gasteiger partial charge >= 0.3 is 0 Å². The van der Waals surface area contributed by atoms with Gasteiger partial charge in [0.15, 0.2) is 11.5 Å². The normalized spacial score (nSPS) is 16.4. The molecule has 1 fully saturated rings. The van der Waals surface area contributed by atoms with Crippen molar-refractivity contribution in [2.75, 3.05) is 23.7 Å². The van der Waals surface area contributed by atoms with Crippen LogP contribution >= 0.6 is 0 Å². The van der Waals surface area contributed by atoms with Crippen LogP contribution in [0.15, 0.2) is 55.1 Å². The Labute approximate surface area is 175 Å². The molecule has 2 N–H and O–H groups in total. The van der Waals surface area contributed by atoms with Gasteiger partial charge in [-0.25, -0.2) is 19.5 Å². The first-order valence-corrected chi connectivity index (χ1v) is 10.4. The Morgan fingerprint density at radius 3 is 2.87 bits per heavy atom. The van der Waals surface area contributed by atoms with Crippen LogP contribution in [0.1, 0.15) is 24.0 Å². The molecular weight excluding hydrogens is 374 g/mol. The number of anilines is 2. The molecule has 1 aromatic carbocycles. The number of nitrogen functional groups attached to an aromatic ring is 1. The summed E-state index contributed by atoms with van der Waals surface area (Å²) >= 11 is 0. The molecule has 4 heterocycles. The Hall–Kier alpha value is -3.48. The van der Waals surface area contributed by atoms with Gasteiger partial charge in [0.25, 0.3) is 0 Å². The molecule has 1 atom stereocenters. The van der Waals surface area contributed by atoms with Gasteiger partial charge in [0.1, 0.15) is 12.1 Å². The van der Waals surface area contributed by atoms with E-state index in [1.54, 1.807) is 10.8 Å². The third-order valence-electron chi connectivity index (χ3n) is 5.83. The fourth-order valence-electron chi connectivity index (χ4n) is 4.24. The van der Waals surface area contributed by atoms with E-state index < -0.39 is 0 Å². The van der Waals surface area contributed by atoms with Crippen molar-refractivity contribution in [3.63, 3.8) is 0 Å². The SMILES string of the molecule is Cc1cnc2c(-c3cc(N4CCC(CCc5ccccc5)C4)ncn3)c(N)nn2c1. The largest absolute Gasteiger partial charge is 0.382 e. The average molecular weight is 400 g/mol. The fraction of sp³-hybridized carbons (Fsp3) is 0.304. The summed E-state index contributed by atoms with van der Waals surface area (Å²) in [6.45, 7) is 4.01. The molecule has 0 spiro atoms. The molecule has 1 saturated heterocycles. The molecule has 30 heavy (non-hydrogen) atoms. The first-order valence-electron chi connectivity index (χ1n) is 10.4. The third-order valence-corrected chi connectivity index (χ3v) is 5.83. The molecule has 7 heteroatoms. The summed E-state index contributed by atoms with van der Waals surface area (Å²) in [6.07, 6.45) is 8.86. The summed E-state index contributed by atoms with van der Waals surface area (Å²) in [5, 5.41) is 4.40. The molecule has 0 aliphatic carbocycles. The fourth-order valence-corrected chi connectivity index (χ4v) is 4.24. The molecule has 0 saturated carbocycles. The van der Waals surface area contributed by atoms with Crippen LogP contribution in [0.4, 0.5) is 11.6 Å². The number of rotatable bonds is 5. The van der Waals surface area contributed by atoms with Crippen molar-refractivity contribution in [3.05, 3.63) is 66.2 Å². The van der Waals surface area contributed by atoms with Gasteiger partial charge in [0.05, 0.1) is 11.3 Å². The number of hydrogen-bond donors (Lipinski definition) is 1. The second-order valence-electron chi connectivity index (χ2n) is 8.05. The Bertz CT molecular complexity index is 1170. The van der Waals surface area contributed by atoms with E-state index in [1.807, 2.05) is 25.4 Å². The quantitative estimate of drug-likeness (QED) is 0.552. The number of benzene rings is 1. The Kier molecular flexibility index (Phi) is 4.78. The molecule has 1 aliphatic heterocycles.